The van der Waals surface area contributed by atoms with Gasteiger partial charge >= 0.3 is 0 Å². The molecule has 3 aromatic rings. The number of hydrogen-bond acceptors (Lipinski definition) is 4. The van der Waals surface area contributed by atoms with Crippen molar-refractivity contribution in [3.8, 4) is 5.75 Å². The normalized spacial score (nSPS) is 14.8. The molecule has 0 unspecified atom stereocenters. The predicted octanol–water partition coefficient (Wildman–Crippen LogP) is 4.19. The Bertz CT molecular complexity index is 1100. The lowest BCUT2D eigenvalue weighted by molar-refractivity contribution is 0.0613. The Morgan fingerprint density at radius 2 is 1.74 bits per heavy atom. The number of ether oxygens (including phenoxy) is 1. The number of benzene rings is 2. The van der Waals surface area contributed by atoms with Gasteiger partial charge in [0, 0.05) is 30.6 Å². The second-order valence-corrected chi connectivity index (χ2v) is 8.34. The van der Waals surface area contributed by atoms with Crippen LogP contribution in [0.1, 0.15) is 54.7 Å². The molecule has 0 aliphatic heterocycles. The summed E-state index contributed by atoms with van der Waals surface area (Å²) in [6, 6.07) is 12.0. The number of aromatic amines is 1. The Hall–Kier alpha value is -2.63. The second-order valence-electron chi connectivity index (χ2n) is 8.34. The van der Waals surface area contributed by atoms with E-state index in [4.69, 9.17) is 4.74 Å². The Kier molecular flexibility index (Phi) is 6.44. The summed E-state index contributed by atoms with van der Waals surface area (Å²) in [7, 11) is 0. The highest BCUT2D eigenvalue weighted by Gasteiger charge is 2.24. The minimum Gasteiger partial charge on any atom is -0.506 e. The van der Waals surface area contributed by atoms with Crippen LogP contribution in [0.2, 0.25) is 0 Å². The van der Waals surface area contributed by atoms with Crippen LogP contribution in [0, 0.1) is 0 Å². The number of phenols is 1. The fourth-order valence-corrected chi connectivity index (χ4v) is 4.85. The summed E-state index contributed by atoms with van der Waals surface area (Å²) in [6.45, 7) is 7.71. The molecule has 5 nitrogen and oxygen atoms in total. The summed E-state index contributed by atoms with van der Waals surface area (Å²) in [5, 5.41) is 14.7. The maximum Gasteiger partial charge on any atom is 0.248 e. The number of aromatic nitrogens is 1. The van der Waals surface area contributed by atoms with Crippen molar-refractivity contribution in [3.63, 3.8) is 0 Å². The van der Waals surface area contributed by atoms with Gasteiger partial charge < -0.3 is 20.1 Å². The molecule has 1 atom stereocenters. The van der Waals surface area contributed by atoms with Gasteiger partial charge in [0.15, 0.2) is 0 Å². The van der Waals surface area contributed by atoms with Gasteiger partial charge in [-0.05, 0) is 72.6 Å². The van der Waals surface area contributed by atoms with Crippen LogP contribution in [0.5, 0.6) is 5.75 Å². The van der Waals surface area contributed by atoms with Gasteiger partial charge in [-0.1, -0.05) is 32.0 Å². The average Bonchev–Trinajstić information content (AvgIpc) is 3.18. The van der Waals surface area contributed by atoms with Crippen molar-refractivity contribution in [2.24, 2.45) is 0 Å². The summed E-state index contributed by atoms with van der Waals surface area (Å²) >= 11 is 0. The molecule has 1 aliphatic carbocycles. The fourth-order valence-electron chi connectivity index (χ4n) is 4.85. The summed E-state index contributed by atoms with van der Waals surface area (Å²) < 4.78 is 6.08. The summed E-state index contributed by atoms with van der Waals surface area (Å²) in [6.07, 6.45) is 4.07. The van der Waals surface area contributed by atoms with Crippen molar-refractivity contribution >= 4 is 10.9 Å². The van der Waals surface area contributed by atoms with Crippen LogP contribution in [0.25, 0.3) is 10.9 Å². The van der Waals surface area contributed by atoms with E-state index in [0.29, 0.717) is 24.7 Å². The van der Waals surface area contributed by atoms with Gasteiger partial charge in [0.1, 0.15) is 5.75 Å². The maximum absolute atomic E-state index is 11.7. The lowest BCUT2D eigenvalue weighted by Gasteiger charge is -2.22. The van der Waals surface area contributed by atoms with E-state index in [-0.39, 0.29) is 17.4 Å². The highest BCUT2D eigenvalue weighted by molar-refractivity contribution is 5.87. The van der Waals surface area contributed by atoms with E-state index in [2.05, 4.69) is 36.3 Å². The first kappa shape index (κ1) is 21.6. The molecule has 0 amide bonds. The number of phenolic OH excluding ortho intramolecular Hbond substituents is 1. The van der Waals surface area contributed by atoms with Crippen molar-refractivity contribution in [3.05, 3.63) is 74.6 Å². The third kappa shape index (κ3) is 4.39. The topological polar surface area (TPSA) is 74.3 Å². The van der Waals surface area contributed by atoms with Crippen molar-refractivity contribution in [1.29, 1.82) is 0 Å². The molecule has 0 spiro atoms. The smallest absolute Gasteiger partial charge is 0.248 e. The molecule has 2 aromatic carbocycles. The highest BCUT2D eigenvalue weighted by atomic mass is 16.5. The Labute approximate surface area is 183 Å². The number of rotatable bonds is 8. The van der Waals surface area contributed by atoms with Crippen molar-refractivity contribution < 1.29 is 9.84 Å². The number of aromatic hydroxyl groups is 1. The van der Waals surface area contributed by atoms with Crippen LogP contribution < -0.4 is 10.9 Å². The molecular formula is C26H32N2O3. The zero-order valence-electron chi connectivity index (χ0n) is 18.6. The van der Waals surface area contributed by atoms with Crippen LogP contribution in [0.15, 0.2) is 41.2 Å². The first-order valence-corrected chi connectivity index (χ1v) is 11.4. The SMILES string of the molecule is CCO[C@@H](CNC1Cc2cc(CC)c(CC)cc2C1)c1ccc(O)c2[nH]c(=O)ccc12. The van der Waals surface area contributed by atoms with Gasteiger partial charge in [0.05, 0.1) is 11.6 Å². The number of aryl methyl sites for hydroxylation is 2. The Morgan fingerprint density at radius 1 is 1.06 bits per heavy atom. The quantitative estimate of drug-likeness (QED) is 0.511. The Morgan fingerprint density at radius 3 is 2.35 bits per heavy atom. The minimum absolute atomic E-state index is 0.0735. The van der Waals surface area contributed by atoms with E-state index in [0.717, 1.165) is 36.6 Å². The molecule has 0 fully saturated rings. The third-order valence-electron chi connectivity index (χ3n) is 6.43. The molecule has 31 heavy (non-hydrogen) atoms. The molecular weight excluding hydrogens is 388 g/mol. The van der Waals surface area contributed by atoms with E-state index in [1.54, 1.807) is 12.1 Å². The van der Waals surface area contributed by atoms with E-state index >= 15 is 0 Å². The standard InChI is InChI=1S/C26H32N2O3/c1-4-16-11-18-13-20(14-19(18)12-17(16)5-2)27-15-24(31-6-3)21-7-9-23(29)26-22(21)8-10-25(30)28-26/h7-12,20,24,27,29H,4-6,13-15H2,1-3H3,(H,28,30)/t24-/m0/s1. The first-order valence-electron chi connectivity index (χ1n) is 11.4. The zero-order chi connectivity index (χ0) is 22.0. The number of hydrogen-bond donors (Lipinski definition) is 3. The maximum atomic E-state index is 11.7. The lowest BCUT2D eigenvalue weighted by Crippen LogP contribution is -2.34. The fraction of sp³-hybridized carbons (Fsp3) is 0.423. The first-order chi connectivity index (χ1) is 15.0. The van der Waals surface area contributed by atoms with Gasteiger partial charge in [-0.2, -0.15) is 0 Å². The summed E-state index contributed by atoms with van der Waals surface area (Å²) in [4.78, 5) is 14.5. The molecule has 0 bridgehead atoms. The summed E-state index contributed by atoms with van der Waals surface area (Å²) in [5.41, 5.74) is 7.07. The highest BCUT2D eigenvalue weighted by Crippen LogP contribution is 2.31. The molecule has 1 aromatic heterocycles. The monoisotopic (exact) mass is 420 g/mol. The van der Waals surface area contributed by atoms with Crippen LogP contribution >= 0.6 is 0 Å². The molecule has 1 aliphatic rings. The van der Waals surface area contributed by atoms with Crippen molar-refractivity contribution in [2.45, 2.75) is 58.6 Å². The van der Waals surface area contributed by atoms with Gasteiger partial charge in [-0.15, -0.1) is 0 Å². The Balaban J connectivity index is 1.53. The third-order valence-corrected chi connectivity index (χ3v) is 6.43. The predicted molar refractivity (Wildman–Crippen MR) is 125 cm³/mol. The number of H-pyrrole nitrogens is 1. The van der Waals surface area contributed by atoms with Gasteiger partial charge in [0.25, 0.3) is 0 Å². The molecule has 1 heterocycles. The van der Waals surface area contributed by atoms with Crippen LogP contribution in [-0.4, -0.2) is 29.3 Å². The summed E-state index contributed by atoms with van der Waals surface area (Å²) in [5.74, 6) is 0.0735. The minimum atomic E-state index is -0.229. The number of nitrogens with one attached hydrogen (secondary N) is 2. The van der Waals surface area contributed by atoms with Crippen molar-refractivity contribution in [2.75, 3.05) is 13.2 Å². The molecule has 0 saturated heterocycles. The second kappa shape index (κ2) is 9.25. The van der Waals surface area contributed by atoms with Crippen LogP contribution in [-0.2, 0) is 30.4 Å². The van der Waals surface area contributed by atoms with E-state index in [1.165, 1.54) is 28.3 Å². The zero-order valence-corrected chi connectivity index (χ0v) is 18.6. The average molecular weight is 421 g/mol. The largest absolute Gasteiger partial charge is 0.506 e. The van der Waals surface area contributed by atoms with Crippen LogP contribution in [0.3, 0.4) is 0 Å². The lowest BCUT2D eigenvalue weighted by atomic mass is 9.97. The molecule has 0 radical (unpaired) electrons. The number of fused-ring (bicyclic) bond motifs is 2. The molecule has 164 valence electrons. The van der Waals surface area contributed by atoms with E-state index in [1.807, 2.05) is 13.0 Å². The molecule has 0 saturated carbocycles. The van der Waals surface area contributed by atoms with E-state index < -0.39 is 0 Å². The molecule has 5 heteroatoms. The molecule has 4 rings (SSSR count). The number of pyridine rings is 1. The van der Waals surface area contributed by atoms with Gasteiger partial charge in [-0.3, -0.25) is 4.79 Å². The van der Waals surface area contributed by atoms with Gasteiger partial charge in [-0.25, -0.2) is 0 Å². The van der Waals surface area contributed by atoms with E-state index in [9.17, 15) is 9.90 Å². The van der Waals surface area contributed by atoms with Crippen molar-refractivity contribution in [1.82, 2.24) is 10.3 Å². The van der Waals surface area contributed by atoms with Crippen LogP contribution in [0.4, 0.5) is 0 Å². The molecule has 3 N–H and O–H groups in total. The van der Waals surface area contributed by atoms with Gasteiger partial charge in [0.2, 0.25) is 5.56 Å².